The number of nitrogens with zero attached hydrogens (tertiary/aromatic N) is 4. The molecule has 8 unspecified atom stereocenters. The molecule has 146 valence electrons. The van der Waals surface area contributed by atoms with Crippen LogP contribution in [0.15, 0.2) is 0 Å². The summed E-state index contributed by atoms with van der Waals surface area (Å²) < 4.78 is 3.15. The van der Waals surface area contributed by atoms with Crippen LogP contribution in [-0.4, -0.2) is 93.6 Å². The molecule has 1 aliphatic carbocycles. The second-order valence-electron chi connectivity index (χ2n) is 9.36. The summed E-state index contributed by atoms with van der Waals surface area (Å²) in [5.41, 5.74) is 0. The molecule has 4 aliphatic rings. The zero-order valence-corrected chi connectivity index (χ0v) is 18.9. The summed E-state index contributed by atoms with van der Waals surface area (Å²) in [6.45, 7) is 16.4. The predicted molar refractivity (Wildman–Crippen MR) is 100 cm³/mol. The fourth-order valence-electron chi connectivity index (χ4n) is 5.89. The third-order valence-electron chi connectivity index (χ3n) is 7.34. The van der Waals surface area contributed by atoms with E-state index in [-0.39, 0.29) is 0 Å². The summed E-state index contributed by atoms with van der Waals surface area (Å²) in [5, 5.41) is 0. The Hall–Kier alpha value is 0.570. The molecule has 0 N–H and O–H groups in total. The molecule has 3 saturated heterocycles. The summed E-state index contributed by atoms with van der Waals surface area (Å²) in [7, 11) is 2.30. The number of alkyl halides is 2. The molecule has 5 heteroatoms. The molecule has 4 nitrogen and oxygen atoms in total. The molecule has 3 heterocycles. The van der Waals surface area contributed by atoms with Gasteiger partial charge in [0.05, 0.1) is 0 Å². The van der Waals surface area contributed by atoms with Gasteiger partial charge in [0, 0.05) is 0 Å². The van der Waals surface area contributed by atoms with E-state index < -0.39 is 0 Å². The molecule has 0 amide bonds. The van der Waals surface area contributed by atoms with Gasteiger partial charge in [-0.15, -0.1) is 0 Å². The molecule has 0 aromatic rings. The van der Waals surface area contributed by atoms with E-state index >= 15 is 0 Å². The van der Waals surface area contributed by atoms with E-state index in [1.807, 2.05) is 0 Å². The minimum absolute atomic E-state index is 0.395. The van der Waals surface area contributed by atoms with Crippen molar-refractivity contribution in [3.05, 3.63) is 0 Å². The topological polar surface area (TPSA) is 13.0 Å². The van der Waals surface area contributed by atoms with Crippen molar-refractivity contribution in [3.63, 3.8) is 0 Å². The fraction of sp³-hybridized carbons (Fsp3) is 1.00. The van der Waals surface area contributed by atoms with E-state index in [0.717, 1.165) is 35.8 Å². The van der Waals surface area contributed by atoms with Crippen molar-refractivity contribution in [1.29, 1.82) is 0 Å². The Morgan fingerprint density at radius 2 is 1.84 bits per heavy atom. The monoisotopic (exact) mass is 461 g/mol. The molecule has 8 atom stereocenters. The molecule has 4 rings (SSSR count). The van der Waals surface area contributed by atoms with Gasteiger partial charge < -0.3 is 0 Å². The van der Waals surface area contributed by atoms with Crippen molar-refractivity contribution in [2.75, 3.05) is 62.0 Å². The van der Waals surface area contributed by atoms with Crippen molar-refractivity contribution < 1.29 is 21.2 Å². The first-order chi connectivity index (χ1) is 12.0. The van der Waals surface area contributed by atoms with Crippen LogP contribution >= 0.6 is 0 Å². The number of hydrogen-bond donors (Lipinski definition) is 0. The zero-order valence-electron chi connectivity index (χ0n) is 16.7. The molecule has 0 aromatic heterocycles. The van der Waals surface area contributed by atoms with Gasteiger partial charge in [-0.05, 0) is 0 Å². The number of halogens is 1. The van der Waals surface area contributed by atoms with Crippen LogP contribution in [0.5, 0.6) is 0 Å². The van der Waals surface area contributed by atoms with Crippen molar-refractivity contribution >= 4 is 0 Å². The van der Waals surface area contributed by atoms with Gasteiger partial charge in [0.2, 0.25) is 0 Å². The first-order valence-electron chi connectivity index (χ1n) is 10.5. The average Bonchev–Trinajstić information content (AvgIpc) is 2.56. The van der Waals surface area contributed by atoms with Crippen LogP contribution in [0.3, 0.4) is 0 Å². The van der Waals surface area contributed by atoms with Gasteiger partial charge in [0.15, 0.2) is 0 Å². The summed E-state index contributed by atoms with van der Waals surface area (Å²) >= 11 is 0.395. The van der Waals surface area contributed by atoms with Crippen LogP contribution in [0.2, 0.25) is 0 Å². The second kappa shape index (κ2) is 7.90. The van der Waals surface area contributed by atoms with Crippen LogP contribution in [-0.2, 0) is 0 Å². The Labute approximate surface area is 165 Å². The van der Waals surface area contributed by atoms with Crippen LogP contribution in [0.4, 0.5) is 0 Å². The third kappa shape index (κ3) is 3.91. The van der Waals surface area contributed by atoms with Gasteiger partial charge in [0.25, 0.3) is 0 Å². The Morgan fingerprint density at radius 3 is 2.64 bits per heavy atom. The van der Waals surface area contributed by atoms with Crippen molar-refractivity contribution in [2.24, 2.45) is 23.7 Å². The van der Waals surface area contributed by atoms with E-state index in [2.05, 4.69) is 47.4 Å². The first kappa shape index (κ1) is 18.9. The zero-order chi connectivity index (χ0) is 17.6. The van der Waals surface area contributed by atoms with Gasteiger partial charge in [-0.1, -0.05) is 0 Å². The second-order valence-corrected chi connectivity index (χ2v) is 12.2. The van der Waals surface area contributed by atoms with Crippen molar-refractivity contribution in [2.45, 2.75) is 39.3 Å². The molecule has 0 aromatic carbocycles. The van der Waals surface area contributed by atoms with Crippen LogP contribution in [0.25, 0.3) is 0 Å². The molecule has 2 bridgehead atoms. The maximum atomic E-state index is 2.77. The van der Waals surface area contributed by atoms with E-state index in [4.69, 9.17) is 0 Å². The Morgan fingerprint density at radius 1 is 1.00 bits per heavy atom. The molecule has 0 spiro atoms. The number of rotatable bonds is 5. The molecule has 25 heavy (non-hydrogen) atoms. The summed E-state index contributed by atoms with van der Waals surface area (Å²) in [6, 6.07) is 1.72. The minimum atomic E-state index is 0.395. The SMILES string of the molecule is CCN1CN(C)CC2CC(C[I-]CC3CN4CC(C)C(C)N(C3)C4)C21. The van der Waals surface area contributed by atoms with Crippen molar-refractivity contribution in [1.82, 2.24) is 19.6 Å². The van der Waals surface area contributed by atoms with E-state index in [9.17, 15) is 0 Å². The standard InChI is InChI=1S/C20H38IN4/c1-5-24-13-22(4)12-19-6-18(20(19)24)8-21-7-17-10-23-9-15(2)16(3)25(11-17)14-23/h15-20H,5-14H2,1-4H3/q-1. The average molecular weight is 461 g/mol. The van der Waals surface area contributed by atoms with Gasteiger partial charge >= 0.3 is 166 Å². The normalized spacial score (nSPS) is 48.2. The molecular formula is C20H38IN4-. The van der Waals surface area contributed by atoms with Crippen LogP contribution in [0.1, 0.15) is 27.2 Å². The van der Waals surface area contributed by atoms with Gasteiger partial charge in [-0.2, -0.15) is 0 Å². The summed E-state index contributed by atoms with van der Waals surface area (Å²) in [4.78, 5) is 10.8. The number of fused-ring (bicyclic) bond motifs is 3. The number of hydrogen-bond acceptors (Lipinski definition) is 4. The fourth-order valence-corrected chi connectivity index (χ4v) is 9.37. The Bertz CT molecular complexity index is 457. The summed E-state index contributed by atoms with van der Waals surface area (Å²) in [5.74, 6) is 3.82. The molecular weight excluding hydrogens is 423 g/mol. The molecule has 3 aliphatic heterocycles. The van der Waals surface area contributed by atoms with Crippen LogP contribution in [0, 0.1) is 23.7 Å². The molecule has 1 saturated carbocycles. The predicted octanol–water partition coefficient (Wildman–Crippen LogP) is -1.47. The van der Waals surface area contributed by atoms with Gasteiger partial charge in [0.1, 0.15) is 0 Å². The van der Waals surface area contributed by atoms with E-state index in [1.165, 1.54) is 52.5 Å². The maximum absolute atomic E-state index is 2.77. The first-order valence-corrected chi connectivity index (χ1v) is 13.5. The Kier molecular flexibility index (Phi) is 5.98. The van der Waals surface area contributed by atoms with E-state index in [0.29, 0.717) is 21.2 Å². The Balaban J connectivity index is 1.23. The summed E-state index contributed by atoms with van der Waals surface area (Å²) in [6.07, 6.45) is 1.52. The van der Waals surface area contributed by atoms with E-state index in [1.54, 1.807) is 8.86 Å². The molecule has 4 fully saturated rings. The third-order valence-corrected chi connectivity index (χ3v) is 11.0. The molecule has 0 radical (unpaired) electrons. The van der Waals surface area contributed by atoms with Gasteiger partial charge in [-0.3, -0.25) is 0 Å². The van der Waals surface area contributed by atoms with Crippen LogP contribution < -0.4 is 21.2 Å². The van der Waals surface area contributed by atoms with Gasteiger partial charge in [-0.25, -0.2) is 0 Å². The quantitative estimate of drug-likeness (QED) is 0.367. The van der Waals surface area contributed by atoms with Crippen molar-refractivity contribution in [3.8, 4) is 0 Å².